The molecule has 1 N–H and O–H groups in total. The van der Waals surface area contributed by atoms with E-state index in [1.807, 2.05) is 34.3 Å². The molecule has 0 bridgehead atoms. The lowest BCUT2D eigenvalue weighted by molar-refractivity contribution is -0.141. The number of carbonyl (C=O) groups excluding carboxylic acids is 1. The molecule has 3 aromatic heterocycles. The molecule has 27 heavy (non-hydrogen) atoms. The van der Waals surface area contributed by atoms with Crippen LogP contribution in [-0.2, 0) is 6.18 Å². The lowest BCUT2D eigenvalue weighted by Crippen LogP contribution is -2.14. The molecule has 5 nitrogen and oxygen atoms in total. The molecule has 0 fully saturated rings. The van der Waals surface area contributed by atoms with Crippen LogP contribution < -0.4 is 5.32 Å². The number of thiazole rings is 1. The van der Waals surface area contributed by atoms with E-state index in [-0.39, 0.29) is 5.56 Å². The molecule has 136 valence electrons. The predicted octanol–water partition coefficient (Wildman–Crippen LogP) is 4.73. The van der Waals surface area contributed by atoms with Gasteiger partial charge in [-0.1, -0.05) is 18.2 Å². The highest BCUT2D eigenvalue weighted by molar-refractivity contribution is 7.15. The Bertz CT molecular complexity index is 1090. The van der Waals surface area contributed by atoms with Crippen molar-refractivity contribution in [1.29, 1.82) is 0 Å². The van der Waals surface area contributed by atoms with Gasteiger partial charge in [0.05, 0.1) is 16.9 Å². The molecule has 1 amide bonds. The number of aromatic nitrogens is 3. The monoisotopic (exact) mass is 388 g/mol. The summed E-state index contributed by atoms with van der Waals surface area (Å²) in [7, 11) is 0. The number of alkyl halides is 3. The van der Waals surface area contributed by atoms with Crippen molar-refractivity contribution in [3.63, 3.8) is 0 Å². The van der Waals surface area contributed by atoms with Gasteiger partial charge < -0.3 is 5.32 Å². The molecule has 0 aliphatic carbocycles. The molecule has 4 rings (SSSR count). The second-order valence-corrected chi connectivity index (χ2v) is 6.52. The number of rotatable bonds is 3. The van der Waals surface area contributed by atoms with Crippen LogP contribution in [0.3, 0.4) is 0 Å². The second kappa shape index (κ2) is 6.51. The van der Waals surface area contributed by atoms with E-state index < -0.39 is 17.8 Å². The van der Waals surface area contributed by atoms with Gasteiger partial charge in [-0.25, -0.2) is 4.98 Å². The Hall–Kier alpha value is -3.20. The summed E-state index contributed by atoms with van der Waals surface area (Å²) in [6.45, 7) is 0. The maximum Gasteiger partial charge on any atom is 0.433 e. The highest BCUT2D eigenvalue weighted by Crippen LogP contribution is 2.29. The topological polar surface area (TPSA) is 59.3 Å². The van der Waals surface area contributed by atoms with E-state index in [4.69, 9.17) is 0 Å². The van der Waals surface area contributed by atoms with E-state index in [0.29, 0.717) is 16.9 Å². The van der Waals surface area contributed by atoms with Gasteiger partial charge in [0.25, 0.3) is 5.91 Å². The summed E-state index contributed by atoms with van der Waals surface area (Å²) in [5.41, 5.74) is 0.888. The van der Waals surface area contributed by atoms with E-state index in [1.165, 1.54) is 11.3 Å². The van der Waals surface area contributed by atoms with E-state index >= 15 is 0 Å². The van der Waals surface area contributed by atoms with Gasteiger partial charge in [0.15, 0.2) is 4.96 Å². The number of hydrogen-bond acceptors (Lipinski definition) is 4. The number of hydrogen-bond donors (Lipinski definition) is 1. The summed E-state index contributed by atoms with van der Waals surface area (Å²) in [6.07, 6.45) is 0.0883. The summed E-state index contributed by atoms with van der Waals surface area (Å²) in [5, 5.41) is 4.63. The van der Waals surface area contributed by atoms with Crippen LogP contribution in [0.4, 0.5) is 18.9 Å². The first-order chi connectivity index (χ1) is 12.9. The summed E-state index contributed by atoms with van der Waals surface area (Å²) in [4.78, 5) is 21.1. The first-order valence-corrected chi connectivity index (χ1v) is 8.66. The maximum atomic E-state index is 12.6. The van der Waals surface area contributed by atoms with Crippen molar-refractivity contribution in [2.45, 2.75) is 6.18 Å². The average molecular weight is 388 g/mol. The number of anilines is 1. The Kier molecular flexibility index (Phi) is 4.15. The van der Waals surface area contributed by atoms with Crippen molar-refractivity contribution >= 4 is 27.9 Å². The summed E-state index contributed by atoms with van der Waals surface area (Å²) in [6, 6.07) is 8.97. The molecule has 0 aliphatic heterocycles. The zero-order chi connectivity index (χ0) is 19.0. The Labute approximate surface area is 155 Å². The van der Waals surface area contributed by atoms with Gasteiger partial charge in [-0.05, 0) is 18.2 Å². The Morgan fingerprint density at radius 2 is 1.96 bits per heavy atom. The van der Waals surface area contributed by atoms with Gasteiger partial charge >= 0.3 is 6.18 Å². The minimum atomic E-state index is -4.55. The highest BCUT2D eigenvalue weighted by Gasteiger charge is 2.32. The fourth-order valence-corrected chi connectivity index (χ4v) is 3.26. The molecule has 3 heterocycles. The molecular weight excluding hydrogens is 377 g/mol. The van der Waals surface area contributed by atoms with E-state index in [9.17, 15) is 18.0 Å². The number of benzene rings is 1. The van der Waals surface area contributed by atoms with Gasteiger partial charge in [0, 0.05) is 29.5 Å². The zero-order valence-corrected chi connectivity index (χ0v) is 14.4. The Morgan fingerprint density at radius 1 is 1.15 bits per heavy atom. The van der Waals surface area contributed by atoms with Crippen LogP contribution in [0.15, 0.2) is 60.4 Å². The number of fused-ring (bicyclic) bond motifs is 1. The zero-order valence-electron chi connectivity index (χ0n) is 13.6. The highest BCUT2D eigenvalue weighted by atomic mass is 32.1. The number of imidazole rings is 1. The van der Waals surface area contributed by atoms with E-state index in [1.54, 1.807) is 12.1 Å². The van der Waals surface area contributed by atoms with Crippen LogP contribution in [0.25, 0.3) is 16.2 Å². The molecule has 0 radical (unpaired) electrons. The van der Waals surface area contributed by atoms with Gasteiger partial charge in [0.1, 0.15) is 5.69 Å². The third kappa shape index (κ3) is 3.41. The largest absolute Gasteiger partial charge is 0.433 e. The number of halogens is 3. The van der Waals surface area contributed by atoms with Crippen LogP contribution in [0, 0.1) is 0 Å². The molecule has 0 atom stereocenters. The molecule has 0 aliphatic rings. The minimum absolute atomic E-state index is 0.0311. The van der Waals surface area contributed by atoms with E-state index in [2.05, 4.69) is 15.3 Å². The molecule has 4 aromatic rings. The lowest BCUT2D eigenvalue weighted by atomic mass is 10.1. The van der Waals surface area contributed by atoms with Crippen molar-refractivity contribution in [2.24, 2.45) is 0 Å². The van der Waals surface area contributed by atoms with Crippen molar-refractivity contribution in [2.75, 3.05) is 5.32 Å². The van der Waals surface area contributed by atoms with Crippen molar-refractivity contribution < 1.29 is 18.0 Å². The number of carbonyl (C=O) groups is 1. The third-order valence-corrected chi connectivity index (χ3v) is 4.63. The number of para-hydroxylation sites is 1. The summed E-state index contributed by atoms with van der Waals surface area (Å²) < 4.78 is 39.7. The fraction of sp³-hybridized carbons (Fsp3) is 0.0556. The SMILES string of the molecule is O=C(Nc1ccccc1-c1cn2ccsc2n1)c1ccc(C(F)(F)F)nc1. The van der Waals surface area contributed by atoms with Crippen LogP contribution in [0.2, 0.25) is 0 Å². The first-order valence-electron chi connectivity index (χ1n) is 7.78. The Balaban J connectivity index is 1.61. The van der Waals surface area contributed by atoms with Crippen LogP contribution in [0.5, 0.6) is 0 Å². The number of nitrogens with zero attached hydrogens (tertiary/aromatic N) is 3. The third-order valence-electron chi connectivity index (χ3n) is 3.86. The minimum Gasteiger partial charge on any atom is -0.321 e. The number of amides is 1. The van der Waals surface area contributed by atoms with Crippen LogP contribution in [0.1, 0.15) is 16.1 Å². The Morgan fingerprint density at radius 3 is 2.67 bits per heavy atom. The van der Waals surface area contributed by atoms with Gasteiger partial charge in [-0.3, -0.25) is 14.2 Å². The fourth-order valence-electron chi connectivity index (χ4n) is 2.56. The van der Waals surface area contributed by atoms with Gasteiger partial charge in [0.2, 0.25) is 0 Å². The van der Waals surface area contributed by atoms with Gasteiger partial charge in [-0.15, -0.1) is 11.3 Å². The standard InChI is InChI=1S/C18H11F3N4OS/c19-18(20,21)15-6-5-11(9-22-15)16(26)23-13-4-2-1-3-12(13)14-10-25-7-8-27-17(25)24-14/h1-10H,(H,23,26). The maximum absolute atomic E-state index is 12.6. The van der Waals surface area contributed by atoms with Crippen LogP contribution >= 0.6 is 11.3 Å². The van der Waals surface area contributed by atoms with Crippen molar-refractivity contribution in [3.8, 4) is 11.3 Å². The molecule has 1 aromatic carbocycles. The van der Waals surface area contributed by atoms with E-state index in [0.717, 1.165) is 23.3 Å². The number of pyridine rings is 1. The summed E-state index contributed by atoms with van der Waals surface area (Å²) in [5.74, 6) is -0.551. The smallest absolute Gasteiger partial charge is 0.321 e. The number of nitrogens with one attached hydrogen (secondary N) is 1. The lowest BCUT2D eigenvalue weighted by Gasteiger charge is -2.10. The molecular formula is C18H11F3N4OS. The summed E-state index contributed by atoms with van der Waals surface area (Å²) >= 11 is 1.49. The molecule has 0 spiro atoms. The molecule has 9 heteroatoms. The molecule has 0 saturated heterocycles. The normalized spacial score (nSPS) is 11.7. The predicted molar refractivity (Wildman–Crippen MR) is 95.7 cm³/mol. The quantitative estimate of drug-likeness (QED) is 0.552. The second-order valence-electron chi connectivity index (χ2n) is 5.65. The first kappa shape index (κ1) is 17.2. The molecule has 0 saturated carbocycles. The van der Waals surface area contributed by atoms with Gasteiger partial charge in [-0.2, -0.15) is 13.2 Å². The van der Waals surface area contributed by atoms with Crippen molar-refractivity contribution in [1.82, 2.24) is 14.4 Å². The van der Waals surface area contributed by atoms with Crippen molar-refractivity contribution in [3.05, 3.63) is 71.6 Å². The molecule has 0 unspecified atom stereocenters. The van der Waals surface area contributed by atoms with Crippen LogP contribution in [-0.4, -0.2) is 20.3 Å². The average Bonchev–Trinajstić information content (AvgIpc) is 3.23.